The monoisotopic (exact) mass is 362 g/mol. The van der Waals surface area contributed by atoms with E-state index in [9.17, 15) is 4.79 Å². The molecule has 0 bridgehead atoms. The predicted octanol–water partition coefficient (Wildman–Crippen LogP) is 7.68. The minimum absolute atomic E-state index is 0.448. The summed E-state index contributed by atoms with van der Waals surface area (Å²) in [7, 11) is 0. The largest absolute Gasteiger partial charge is 0.513 e. The SMILES string of the molecule is CCCCCCCCCCCCCCCCOC(=O)Oc1ccccc1. The summed E-state index contributed by atoms with van der Waals surface area (Å²) < 4.78 is 10.2. The average molecular weight is 363 g/mol. The molecule has 0 N–H and O–H groups in total. The van der Waals surface area contributed by atoms with Crippen molar-refractivity contribution < 1.29 is 14.3 Å². The van der Waals surface area contributed by atoms with Crippen LogP contribution in [0.1, 0.15) is 96.8 Å². The second kappa shape index (κ2) is 16.9. The number of rotatable bonds is 16. The van der Waals surface area contributed by atoms with E-state index >= 15 is 0 Å². The zero-order chi connectivity index (χ0) is 18.7. The van der Waals surface area contributed by atoms with Gasteiger partial charge in [0.25, 0.3) is 0 Å². The van der Waals surface area contributed by atoms with Gasteiger partial charge in [0, 0.05) is 0 Å². The minimum atomic E-state index is -0.606. The average Bonchev–Trinajstić information content (AvgIpc) is 2.65. The molecular formula is C23H38O3. The standard InChI is InChI=1S/C23H38O3/c1-2-3-4-5-6-7-8-9-10-11-12-13-14-18-21-25-23(24)26-22-19-16-15-17-20-22/h15-17,19-20H,2-14,18,21H2,1H3. The van der Waals surface area contributed by atoms with Crippen LogP contribution in [0.3, 0.4) is 0 Å². The van der Waals surface area contributed by atoms with Crippen molar-refractivity contribution in [3.63, 3.8) is 0 Å². The van der Waals surface area contributed by atoms with Crippen LogP contribution in [0.4, 0.5) is 4.79 Å². The minimum Gasteiger partial charge on any atom is -0.434 e. The molecule has 1 aromatic rings. The van der Waals surface area contributed by atoms with Crippen molar-refractivity contribution in [3.8, 4) is 5.75 Å². The number of hydrogen-bond donors (Lipinski definition) is 0. The molecule has 148 valence electrons. The quantitative estimate of drug-likeness (QED) is 0.172. The maximum absolute atomic E-state index is 11.5. The van der Waals surface area contributed by atoms with Crippen LogP contribution in [-0.2, 0) is 4.74 Å². The molecular weight excluding hydrogens is 324 g/mol. The Morgan fingerprint density at radius 1 is 0.692 bits per heavy atom. The molecule has 0 unspecified atom stereocenters. The molecule has 0 atom stereocenters. The van der Waals surface area contributed by atoms with E-state index in [-0.39, 0.29) is 0 Å². The molecule has 0 aromatic heterocycles. The van der Waals surface area contributed by atoms with E-state index in [0.717, 1.165) is 12.8 Å². The molecule has 26 heavy (non-hydrogen) atoms. The summed E-state index contributed by atoms with van der Waals surface area (Å²) in [6, 6.07) is 9.03. The predicted molar refractivity (Wildman–Crippen MR) is 109 cm³/mol. The van der Waals surface area contributed by atoms with Crippen LogP contribution in [0.15, 0.2) is 30.3 Å². The highest BCUT2D eigenvalue weighted by molar-refractivity contribution is 5.63. The van der Waals surface area contributed by atoms with Gasteiger partial charge in [0.05, 0.1) is 6.61 Å². The lowest BCUT2D eigenvalue weighted by Gasteiger charge is -2.06. The van der Waals surface area contributed by atoms with E-state index < -0.39 is 6.16 Å². The Balaban J connectivity index is 1.77. The van der Waals surface area contributed by atoms with Crippen LogP contribution < -0.4 is 4.74 Å². The van der Waals surface area contributed by atoms with Crippen LogP contribution in [0.25, 0.3) is 0 Å². The van der Waals surface area contributed by atoms with Crippen molar-refractivity contribution in [2.75, 3.05) is 6.61 Å². The molecule has 0 fully saturated rings. The molecule has 3 nitrogen and oxygen atoms in total. The summed E-state index contributed by atoms with van der Waals surface area (Å²) in [6.07, 6.45) is 17.9. The van der Waals surface area contributed by atoms with Crippen molar-refractivity contribution in [1.29, 1.82) is 0 Å². The van der Waals surface area contributed by atoms with Gasteiger partial charge in [-0.3, -0.25) is 0 Å². The fraction of sp³-hybridized carbons (Fsp3) is 0.696. The van der Waals surface area contributed by atoms with E-state index in [1.54, 1.807) is 12.1 Å². The third-order valence-electron chi connectivity index (χ3n) is 4.66. The number of ether oxygens (including phenoxy) is 2. The molecule has 0 aliphatic heterocycles. The highest BCUT2D eigenvalue weighted by Crippen LogP contribution is 2.13. The number of carbonyl (C=O) groups excluding carboxylic acids is 1. The van der Waals surface area contributed by atoms with Gasteiger partial charge in [-0.15, -0.1) is 0 Å². The van der Waals surface area contributed by atoms with Gasteiger partial charge >= 0.3 is 6.16 Å². The van der Waals surface area contributed by atoms with Gasteiger partial charge < -0.3 is 9.47 Å². The summed E-state index contributed by atoms with van der Waals surface area (Å²) in [5.74, 6) is 0.526. The van der Waals surface area contributed by atoms with E-state index in [4.69, 9.17) is 9.47 Å². The third kappa shape index (κ3) is 13.7. The lowest BCUT2D eigenvalue weighted by Crippen LogP contribution is -2.11. The summed E-state index contributed by atoms with van der Waals surface area (Å²) in [6.45, 7) is 2.72. The van der Waals surface area contributed by atoms with Gasteiger partial charge in [0.1, 0.15) is 5.75 Å². The Labute approximate surface area is 160 Å². The van der Waals surface area contributed by atoms with Crippen molar-refractivity contribution in [2.24, 2.45) is 0 Å². The van der Waals surface area contributed by atoms with Gasteiger partial charge in [-0.25, -0.2) is 4.79 Å². The highest BCUT2D eigenvalue weighted by atomic mass is 16.7. The van der Waals surface area contributed by atoms with Gasteiger partial charge in [0.15, 0.2) is 0 Å². The van der Waals surface area contributed by atoms with E-state index in [0.29, 0.717) is 12.4 Å². The first-order valence-electron chi connectivity index (χ1n) is 10.7. The molecule has 0 amide bonds. The van der Waals surface area contributed by atoms with Crippen LogP contribution in [0.5, 0.6) is 5.75 Å². The fourth-order valence-electron chi connectivity index (χ4n) is 3.07. The Morgan fingerprint density at radius 2 is 1.15 bits per heavy atom. The summed E-state index contributed by atoms with van der Waals surface area (Å²) in [4.78, 5) is 11.5. The van der Waals surface area contributed by atoms with Crippen molar-refractivity contribution in [3.05, 3.63) is 30.3 Å². The first-order valence-corrected chi connectivity index (χ1v) is 10.7. The topological polar surface area (TPSA) is 35.5 Å². The van der Waals surface area contributed by atoms with Gasteiger partial charge in [-0.05, 0) is 18.6 Å². The van der Waals surface area contributed by atoms with Crippen LogP contribution in [0, 0.1) is 0 Å². The van der Waals surface area contributed by atoms with Crippen LogP contribution in [-0.4, -0.2) is 12.8 Å². The van der Waals surface area contributed by atoms with E-state index in [1.807, 2.05) is 18.2 Å². The van der Waals surface area contributed by atoms with Gasteiger partial charge in [-0.2, -0.15) is 0 Å². The molecule has 0 heterocycles. The van der Waals surface area contributed by atoms with Crippen LogP contribution >= 0.6 is 0 Å². The molecule has 0 radical (unpaired) electrons. The van der Waals surface area contributed by atoms with Crippen molar-refractivity contribution in [2.45, 2.75) is 96.8 Å². The zero-order valence-corrected chi connectivity index (χ0v) is 16.7. The summed E-state index contributed by atoms with van der Waals surface area (Å²) in [5, 5.41) is 0. The molecule has 1 aromatic carbocycles. The second-order valence-electron chi connectivity index (χ2n) is 7.11. The summed E-state index contributed by atoms with van der Waals surface area (Å²) >= 11 is 0. The molecule has 0 aliphatic carbocycles. The van der Waals surface area contributed by atoms with Crippen molar-refractivity contribution >= 4 is 6.16 Å². The number of carbonyl (C=O) groups is 1. The number of hydrogen-bond acceptors (Lipinski definition) is 3. The molecule has 0 saturated carbocycles. The van der Waals surface area contributed by atoms with Gasteiger partial charge in [-0.1, -0.05) is 109 Å². The Hall–Kier alpha value is -1.51. The normalized spacial score (nSPS) is 10.7. The Morgan fingerprint density at radius 3 is 1.65 bits per heavy atom. The Bertz CT molecular complexity index is 430. The maximum atomic E-state index is 11.5. The Kier molecular flexibility index (Phi) is 14.7. The van der Waals surface area contributed by atoms with E-state index in [2.05, 4.69) is 6.92 Å². The molecule has 3 heteroatoms. The molecule has 0 spiro atoms. The fourth-order valence-corrected chi connectivity index (χ4v) is 3.07. The van der Waals surface area contributed by atoms with Gasteiger partial charge in [0.2, 0.25) is 0 Å². The molecule has 1 rings (SSSR count). The number of para-hydroxylation sites is 1. The number of unbranched alkanes of at least 4 members (excludes halogenated alkanes) is 13. The highest BCUT2D eigenvalue weighted by Gasteiger charge is 2.04. The van der Waals surface area contributed by atoms with Crippen LogP contribution in [0.2, 0.25) is 0 Å². The number of benzene rings is 1. The first kappa shape index (κ1) is 22.5. The maximum Gasteiger partial charge on any atom is 0.513 e. The lowest BCUT2D eigenvalue weighted by atomic mass is 10.0. The van der Waals surface area contributed by atoms with E-state index in [1.165, 1.54) is 77.0 Å². The smallest absolute Gasteiger partial charge is 0.434 e. The third-order valence-corrected chi connectivity index (χ3v) is 4.66. The molecule has 0 aliphatic rings. The second-order valence-corrected chi connectivity index (χ2v) is 7.11. The first-order chi connectivity index (χ1) is 12.8. The van der Waals surface area contributed by atoms with Crippen molar-refractivity contribution in [1.82, 2.24) is 0 Å². The summed E-state index contributed by atoms with van der Waals surface area (Å²) in [5.41, 5.74) is 0. The lowest BCUT2D eigenvalue weighted by molar-refractivity contribution is 0.0973. The zero-order valence-electron chi connectivity index (χ0n) is 16.7. The molecule has 0 saturated heterocycles.